The highest BCUT2D eigenvalue weighted by Crippen LogP contribution is 2.21. The fourth-order valence-electron chi connectivity index (χ4n) is 2.15. The van der Waals surface area contributed by atoms with Crippen molar-refractivity contribution in [2.24, 2.45) is 5.92 Å². The third kappa shape index (κ3) is 3.59. The van der Waals surface area contributed by atoms with Crippen LogP contribution in [-0.4, -0.2) is 66.8 Å². The van der Waals surface area contributed by atoms with E-state index in [4.69, 9.17) is 9.47 Å². The molecule has 0 aliphatic carbocycles. The summed E-state index contributed by atoms with van der Waals surface area (Å²) in [6, 6.07) is 0. The molecule has 19 heavy (non-hydrogen) atoms. The molecule has 2 amide bonds. The zero-order valence-corrected chi connectivity index (χ0v) is 11.8. The maximum atomic E-state index is 12.1. The molecular formula is C13H22N2O4. The Balaban J connectivity index is 1.76. The van der Waals surface area contributed by atoms with Crippen LogP contribution in [0, 0.1) is 5.92 Å². The minimum atomic E-state index is -0.490. The highest BCUT2D eigenvalue weighted by Gasteiger charge is 2.39. The van der Waals surface area contributed by atoms with Crippen molar-refractivity contribution in [3.05, 3.63) is 0 Å². The van der Waals surface area contributed by atoms with Gasteiger partial charge in [0, 0.05) is 26.2 Å². The van der Waals surface area contributed by atoms with E-state index in [1.807, 2.05) is 25.7 Å². The molecule has 0 bridgehead atoms. The molecule has 0 spiro atoms. The number of likely N-dealkylation sites (tertiary alicyclic amines) is 1. The minimum Gasteiger partial charge on any atom is -0.444 e. The van der Waals surface area contributed by atoms with Gasteiger partial charge in [-0.1, -0.05) is 0 Å². The van der Waals surface area contributed by atoms with Crippen molar-refractivity contribution in [1.82, 2.24) is 9.80 Å². The standard InChI is InChI=1S/C13H22N2O4/c1-13(2,3)19-12(17)15-8-10(9-15)11(16)14-4-6-18-7-5-14/h10H,4-9H2,1-3H3. The average molecular weight is 270 g/mol. The molecule has 108 valence electrons. The Kier molecular flexibility index (Phi) is 3.99. The molecule has 0 saturated carbocycles. The quantitative estimate of drug-likeness (QED) is 0.704. The van der Waals surface area contributed by atoms with Crippen LogP contribution in [0.1, 0.15) is 20.8 Å². The molecule has 2 saturated heterocycles. The number of nitrogens with zero attached hydrogens (tertiary/aromatic N) is 2. The SMILES string of the molecule is CC(C)(C)OC(=O)N1CC(C(=O)N2CCOCC2)C1. The van der Waals surface area contributed by atoms with Crippen LogP contribution in [0.25, 0.3) is 0 Å². The highest BCUT2D eigenvalue weighted by molar-refractivity contribution is 5.82. The van der Waals surface area contributed by atoms with Gasteiger partial charge in [0.2, 0.25) is 5.91 Å². The van der Waals surface area contributed by atoms with Crippen molar-refractivity contribution in [2.75, 3.05) is 39.4 Å². The van der Waals surface area contributed by atoms with Crippen molar-refractivity contribution < 1.29 is 19.1 Å². The number of rotatable bonds is 1. The van der Waals surface area contributed by atoms with Gasteiger partial charge in [-0.15, -0.1) is 0 Å². The van der Waals surface area contributed by atoms with Crippen LogP contribution in [-0.2, 0) is 14.3 Å². The maximum Gasteiger partial charge on any atom is 0.410 e. The monoisotopic (exact) mass is 270 g/mol. The lowest BCUT2D eigenvalue weighted by molar-refractivity contribution is -0.144. The number of carbonyl (C=O) groups excluding carboxylic acids is 2. The van der Waals surface area contributed by atoms with Crippen LogP contribution in [0.3, 0.4) is 0 Å². The molecule has 0 N–H and O–H groups in total. The van der Waals surface area contributed by atoms with Gasteiger partial charge in [-0.25, -0.2) is 4.79 Å². The summed E-state index contributed by atoms with van der Waals surface area (Å²) in [6.45, 7) is 8.95. The van der Waals surface area contributed by atoms with Gasteiger partial charge in [-0.2, -0.15) is 0 Å². The van der Waals surface area contributed by atoms with Crippen LogP contribution >= 0.6 is 0 Å². The second-order valence-electron chi connectivity index (χ2n) is 6.02. The van der Waals surface area contributed by atoms with Crippen LogP contribution in [0.4, 0.5) is 4.79 Å². The predicted octanol–water partition coefficient (Wildman–Crippen LogP) is 0.712. The van der Waals surface area contributed by atoms with Crippen molar-refractivity contribution >= 4 is 12.0 Å². The largest absolute Gasteiger partial charge is 0.444 e. The topological polar surface area (TPSA) is 59.1 Å². The number of morpholine rings is 1. The van der Waals surface area contributed by atoms with Crippen LogP contribution in [0.2, 0.25) is 0 Å². The van der Waals surface area contributed by atoms with E-state index in [-0.39, 0.29) is 17.9 Å². The van der Waals surface area contributed by atoms with Gasteiger partial charge in [-0.05, 0) is 20.8 Å². The first-order chi connectivity index (χ1) is 8.87. The molecule has 0 aromatic heterocycles. The van der Waals surface area contributed by atoms with E-state index < -0.39 is 5.60 Å². The lowest BCUT2D eigenvalue weighted by Crippen LogP contribution is -2.58. The Hall–Kier alpha value is -1.30. The summed E-state index contributed by atoms with van der Waals surface area (Å²) >= 11 is 0. The second-order valence-corrected chi connectivity index (χ2v) is 6.02. The molecule has 0 aromatic rings. The van der Waals surface area contributed by atoms with Crippen LogP contribution in [0.5, 0.6) is 0 Å². The maximum absolute atomic E-state index is 12.1. The molecule has 0 radical (unpaired) electrons. The van der Waals surface area contributed by atoms with Crippen LogP contribution < -0.4 is 0 Å². The summed E-state index contributed by atoms with van der Waals surface area (Å²) in [4.78, 5) is 27.3. The van der Waals surface area contributed by atoms with Gasteiger partial charge in [0.15, 0.2) is 0 Å². The van der Waals surface area contributed by atoms with Gasteiger partial charge in [0.25, 0.3) is 0 Å². The number of hydrogen-bond donors (Lipinski definition) is 0. The first kappa shape index (κ1) is 14.1. The van der Waals surface area contributed by atoms with Crippen molar-refractivity contribution in [3.63, 3.8) is 0 Å². The van der Waals surface area contributed by atoms with E-state index in [9.17, 15) is 9.59 Å². The third-order valence-electron chi connectivity index (χ3n) is 3.21. The molecule has 6 nitrogen and oxygen atoms in total. The highest BCUT2D eigenvalue weighted by atomic mass is 16.6. The Labute approximate surface area is 113 Å². The molecule has 6 heteroatoms. The van der Waals surface area contributed by atoms with Gasteiger partial charge < -0.3 is 19.3 Å². The molecule has 2 rings (SSSR count). The molecule has 2 aliphatic heterocycles. The Morgan fingerprint density at radius 1 is 1.11 bits per heavy atom. The van der Waals surface area contributed by atoms with Crippen molar-refractivity contribution in [2.45, 2.75) is 26.4 Å². The Morgan fingerprint density at radius 3 is 2.21 bits per heavy atom. The lowest BCUT2D eigenvalue weighted by atomic mass is 9.99. The van der Waals surface area contributed by atoms with E-state index in [2.05, 4.69) is 0 Å². The first-order valence-electron chi connectivity index (χ1n) is 6.71. The zero-order chi connectivity index (χ0) is 14.0. The summed E-state index contributed by atoms with van der Waals surface area (Å²) in [5, 5.41) is 0. The summed E-state index contributed by atoms with van der Waals surface area (Å²) in [5.74, 6) is 0.0497. The van der Waals surface area contributed by atoms with E-state index in [0.717, 1.165) is 0 Å². The number of carbonyl (C=O) groups is 2. The summed E-state index contributed by atoms with van der Waals surface area (Å²) in [7, 11) is 0. The molecular weight excluding hydrogens is 248 g/mol. The van der Waals surface area contributed by atoms with Gasteiger partial charge in [-0.3, -0.25) is 4.79 Å². The molecule has 2 heterocycles. The Bertz CT molecular complexity index is 352. The summed E-state index contributed by atoms with van der Waals surface area (Å²) in [5.41, 5.74) is -0.490. The normalized spacial score (nSPS) is 21.0. The first-order valence-corrected chi connectivity index (χ1v) is 6.71. The molecule has 2 fully saturated rings. The van der Waals surface area contributed by atoms with E-state index in [1.54, 1.807) is 4.90 Å². The molecule has 2 aliphatic rings. The van der Waals surface area contributed by atoms with Gasteiger partial charge in [0.1, 0.15) is 5.60 Å². The van der Waals surface area contributed by atoms with Gasteiger partial charge >= 0.3 is 6.09 Å². The van der Waals surface area contributed by atoms with E-state index in [1.165, 1.54) is 0 Å². The van der Waals surface area contributed by atoms with Crippen molar-refractivity contribution in [3.8, 4) is 0 Å². The molecule has 0 aromatic carbocycles. The number of ether oxygens (including phenoxy) is 2. The van der Waals surface area contributed by atoms with E-state index in [0.29, 0.717) is 39.4 Å². The fourth-order valence-corrected chi connectivity index (χ4v) is 2.15. The lowest BCUT2D eigenvalue weighted by Gasteiger charge is -2.41. The van der Waals surface area contributed by atoms with Crippen LogP contribution in [0.15, 0.2) is 0 Å². The van der Waals surface area contributed by atoms with E-state index >= 15 is 0 Å². The number of amides is 2. The summed E-state index contributed by atoms with van der Waals surface area (Å²) < 4.78 is 10.5. The molecule has 0 atom stereocenters. The third-order valence-corrected chi connectivity index (χ3v) is 3.21. The second kappa shape index (κ2) is 5.36. The fraction of sp³-hybridized carbons (Fsp3) is 0.846. The smallest absolute Gasteiger partial charge is 0.410 e. The van der Waals surface area contributed by atoms with Crippen molar-refractivity contribution in [1.29, 1.82) is 0 Å². The predicted molar refractivity (Wildman–Crippen MR) is 68.7 cm³/mol. The Morgan fingerprint density at radius 2 is 1.68 bits per heavy atom. The zero-order valence-electron chi connectivity index (χ0n) is 11.8. The molecule has 0 unspecified atom stereocenters. The number of hydrogen-bond acceptors (Lipinski definition) is 4. The average Bonchev–Trinajstić information content (AvgIpc) is 2.25. The van der Waals surface area contributed by atoms with Gasteiger partial charge in [0.05, 0.1) is 19.1 Å². The minimum absolute atomic E-state index is 0.0781. The summed E-state index contributed by atoms with van der Waals surface area (Å²) in [6.07, 6.45) is -0.335.